The highest BCUT2D eigenvalue weighted by molar-refractivity contribution is 7.21. The largest absolute Gasteiger partial charge is 0.477 e. The smallest absolute Gasteiger partial charge is 0.347 e. The molecule has 2 aromatic heterocycles. The molecule has 1 N–H and O–H groups in total. The third kappa shape index (κ3) is 2.19. The maximum Gasteiger partial charge on any atom is 0.347 e. The summed E-state index contributed by atoms with van der Waals surface area (Å²) in [6.45, 7) is 0. The molecule has 0 atom stereocenters. The van der Waals surface area contributed by atoms with Gasteiger partial charge in [0.15, 0.2) is 5.58 Å². The van der Waals surface area contributed by atoms with Crippen LogP contribution in [0, 0.1) is 0 Å². The number of carboxylic acids is 1. The zero-order chi connectivity index (χ0) is 14.4. The molecule has 0 aliphatic heterocycles. The normalized spacial score (nSPS) is 11.2. The van der Waals surface area contributed by atoms with E-state index in [9.17, 15) is 4.79 Å². The van der Waals surface area contributed by atoms with Crippen LogP contribution in [0.25, 0.3) is 21.6 Å². The summed E-state index contributed by atoms with van der Waals surface area (Å²) in [7, 11) is 0. The van der Waals surface area contributed by atoms with Crippen molar-refractivity contribution >= 4 is 62.4 Å². The Morgan fingerprint density at radius 3 is 2.55 bits per heavy atom. The first-order chi connectivity index (χ1) is 9.47. The summed E-state index contributed by atoms with van der Waals surface area (Å²) < 4.78 is 6.28. The van der Waals surface area contributed by atoms with Gasteiger partial charge in [-0.15, -0.1) is 11.3 Å². The zero-order valence-electron chi connectivity index (χ0n) is 9.62. The molecule has 3 nitrogen and oxygen atoms in total. The molecule has 1 aromatic carbocycles. The maximum atomic E-state index is 11.0. The van der Waals surface area contributed by atoms with Gasteiger partial charge in [0.05, 0.1) is 9.72 Å². The Bertz CT molecular complexity index is 835. The van der Waals surface area contributed by atoms with Crippen LogP contribution in [-0.4, -0.2) is 11.1 Å². The highest BCUT2D eigenvalue weighted by Gasteiger charge is 2.21. The first-order valence-electron chi connectivity index (χ1n) is 5.38. The number of benzene rings is 1. The number of rotatable bonds is 2. The molecule has 0 bridgehead atoms. The quantitative estimate of drug-likeness (QED) is 0.635. The number of hydrogen-bond acceptors (Lipinski definition) is 3. The third-order valence-electron chi connectivity index (χ3n) is 2.70. The van der Waals surface area contributed by atoms with Crippen LogP contribution in [0.5, 0.6) is 0 Å². The SMILES string of the molecule is O=C(O)c1sc2cc(-c3ccc(Cl)cc3Cl)oc2c1Cl. The van der Waals surface area contributed by atoms with E-state index in [1.54, 1.807) is 24.3 Å². The van der Waals surface area contributed by atoms with E-state index >= 15 is 0 Å². The molecule has 0 spiro atoms. The Labute approximate surface area is 132 Å². The Balaban J connectivity index is 2.17. The molecule has 0 saturated heterocycles. The van der Waals surface area contributed by atoms with Crippen molar-refractivity contribution in [3.8, 4) is 11.3 Å². The second-order valence-corrected chi connectivity index (χ2v) is 6.25. The molecule has 20 heavy (non-hydrogen) atoms. The lowest BCUT2D eigenvalue weighted by Gasteiger charge is -2.00. The predicted molar refractivity (Wildman–Crippen MR) is 81.5 cm³/mol. The van der Waals surface area contributed by atoms with Crippen molar-refractivity contribution in [2.24, 2.45) is 0 Å². The number of furan rings is 1. The topological polar surface area (TPSA) is 50.4 Å². The van der Waals surface area contributed by atoms with Crippen LogP contribution < -0.4 is 0 Å². The highest BCUT2D eigenvalue weighted by Crippen LogP contribution is 2.41. The second kappa shape index (κ2) is 4.97. The van der Waals surface area contributed by atoms with Crippen LogP contribution >= 0.6 is 46.1 Å². The second-order valence-electron chi connectivity index (χ2n) is 3.98. The molecule has 102 valence electrons. The van der Waals surface area contributed by atoms with Gasteiger partial charge in [-0.05, 0) is 18.2 Å². The third-order valence-corrected chi connectivity index (χ3v) is 4.83. The van der Waals surface area contributed by atoms with Gasteiger partial charge in [0.2, 0.25) is 0 Å². The lowest BCUT2D eigenvalue weighted by atomic mass is 10.2. The van der Waals surface area contributed by atoms with Crippen LogP contribution in [0.1, 0.15) is 9.67 Å². The number of aromatic carboxylic acids is 1. The fraction of sp³-hybridized carbons (Fsp3) is 0. The maximum absolute atomic E-state index is 11.0. The summed E-state index contributed by atoms with van der Waals surface area (Å²) in [5.41, 5.74) is 1.03. The van der Waals surface area contributed by atoms with Crippen LogP contribution in [0.15, 0.2) is 28.7 Å². The van der Waals surface area contributed by atoms with Crippen molar-refractivity contribution in [2.45, 2.75) is 0 Å². The lowest BCUT2D eigenvalue weighted by Crippen LogP contribution is -1.91. The molecular formula is C13H5Cl3O3S. The molecule has 0 saturated carbocycles. The van der Waals surface area contributed by atoms with Crippen molar-refractivity contribution in [3.63, 3.8) is 0 Å². The Kier molecular flexibility index (Phi) is 3.42. The fourth-order valence-corrected chi connectivity index (χ4v) is 3.61. The van der Waals surface area contributed by atoms with E-state index < -0.39 is 5.97 Å². The molecule has 0 aliphatic rings. The van der Waals surface area contributed by atoms with Crippen molar-refractivity contribution in [2.75, 3.05) is 0 Å². The molecule has 3 aromatic rings. The minimum Gasteiger partial charge on any atom is -0.477 e. The first-order valence-corrected chi connectivity index (χ1v) is 7.33. The van der Waals surface area contributed by atoms with Gasteiger partial charge in [0, 0.05) is 16.7 Å². The van der Waals surface area contributed by atoms with Gasteiger partial charge in [-0.1, -0.05) is 34.8 Å². The standard InChI is InChI=1S/C13H5Cl3O3S/c14-5-1-2-6(7(15)3-5)8-4-9-11(19-8)10(16)12(20-9)13(17)18/h1-4H,(H,17,18). The van der Waals surface area contributed by atoms with E-state index in [4.69, 9.17) is 44.3 Å². The van der Waals surface area contributed by atoms with Crippen LogP contribution in [0.2, 0.25) is 15.1 Å². The summed E-state index contributed by atoms with van der Waals surface area (Å²) >= 11 is 19.0. The average molecular weight is 348 g/mol. The van der Waals surface area contributed by atoms with E-state index in [0.717, 1.165) is 11.3 Å². The summed E-state index contributed by atoms with van der Waals surface area (Å²) in [5.74, 6) is -0.552. The zero-order valence-corrected chi connectivity index (χ0v) is 12.7. The number of carbonyl (C=O) groups is 1. The predicted octanol–water partition coefficient (Wildman–Crippen LogP) is 5.82. The number of halogens is 3. The van der Waals surface area contributed by atoms with Gasteiger partial charge in [-0.2, -0.15) is 0 Å². The Hall–Kier alpha value is -1.20. The van der Waals surface area contributed by atoms with Crippen molar-refractivity contribution in [1.82, 2.24) is 0 Å². The van der Waals surface area contributed by atoms with Gasteiger partial charge >= 0.3 is 5.97 Å². The van der Waals surface area contributed by atoms with Gasteiger partial charge in [0.1, 0.15) is 15.7 Å². The molecule has 0 amide bonds. The summed E-state index contributed by atoms with van der Waals surface area (Å²) in [6.07, 6.45) is 0. The first kappa shape index (κ1) is 13.8. The molecule has 0 fully saturated rings. The molecule has 2 heterocycles. The minimum atomic E-state index is -1.07. The highest BCUT2D eigenvalue weighted by atomic mass is 35.5. The summed E-state index contributed by atoms with van der Waals surface area (Å²) in [6, 6.07) is 6.76. The molecular weight excluding hydrogens is 343 g/mol. The Morgan fingerprint density at radius 1 is 1.20 bits per heavy atom. The molecule has 0 unspecified atom stereocenters. The molecule has 3 rings (SSSR count). The molecule has 0 radical (unpaired) electrons. The van der Waals surface area contributed by atoms with Crippen molar-refractivity contribution in [1.29, 1.82) is 0 Å². The van der Waals surface area contributed by atoms with Gasteiger partial charge < -0.3 is 9.52 Å². The van der Waals surface area contributed by atoms with Gasteiger partial charge in [-0.3, -0.25) is 0 Å². The number of carboxylic acid groups (broad SMARTS) is 1. The van der Waals surface area contributed by atoms with Crippen molar-refractivity contribution < 1.29 is 14.3 Å². The average Bonchev–Trinajstić information content (AvgIpc) is 2.89. The van der Waals surface area contributed by atoms with E-state index in [1.165, 1.54) is 0 Å². The van der Waals surface area contributed by atoms with Gasteiger partial charge in [-0.25, -0.2) is 4.79 Å². The summed E-state index contributed by atoms with van der Waals surface area (Å²) in [5, 5.41) is 10.1. The number of fused-ring (bicyclic) bond motifs is 1. The molecule has 7 heteroatoms. The van der Waals surface area contributed by atoms with E-state index in [-0.39, 0.29) is 9.90 Å². The summed E-state index contributed by atoms with van der Waals surface area (Å²) in [4.78, 5) is 11.0. The van der Waals surface area contributed by atoms with E-state index in [1.807, 2.05) is 0 Å². The van der Waals surface area contributed by atoms with Crippen LogP contribution in [0.4, 0.5) is 0 Å². The molecule has 0 aliphatic carbocycles. The number of thiophene rings is 1. The number of hydrogen-bond donors (Lipinski definition) is 1. The van der Waals surface area contributed by atoms with Crippen molar-refractivity contribution in [3.05, 3.63) is 44.2 Å². The van der Waals surface area contributed by atoms with Gasteiger partial charge in [0.25, 0.3) is 0 Å². The fourth-order valence-electron chi connectivity index (χ4n) is 1.82. The van der Waals surface area contributed by atoms with E-state index in [0.29, 0.717) is 31.7 Å². The van der Waals surface area contributed by atoms with Crippen LogP contribution in [-0.2, 0) is 0 Å². The van der Waals surface area contributed by atoms with E-state index in [2.05, 4.69) is 0 Å². The monoisotopic (exact) mass is 346 g/mol. The Morgan fingerprint density at radius 2 is 1.95 bits per heavy atom. The lowest BCUT2D eigenvalue weighted by molar-refractivity contribution is 0.0702. The minimum absolute atomic E-state index is 0.0640. The van der Waals surface area contributed by atoms with Crippen LogP contribution in [0.3, 0.4) is 0 Å².